The van der Waals surface area contributed by atoms with Crippen molar-refractivity contribution >= 4 is 22.6 Å². The molecule has 0 amide bonds. The predicted molar refractivity (Wildman–Crippen MR) is 56.4 cm³/mol. The van der Waals surface area contributed by atoms with Crippen LogP contribution in [-0.2, 0) is 0 Å². The highest BCUT2D eigenvalue weighted by Gasteiger charge is 2.05. The Bertz CT molecular complexity index is 235. The second-order valence-electron chi connectivity index (χ2n) is 2.54. The summed E-state index contributed by atoms with van der Waals surface area (Å²) in [6, 6.07) is 8.45. The minimum atomic E-state index is 0.197. The van der Waals surface area contributed by atoms with Crippen molar-refractivity contribution in [2.45, 2.75) is 19.4 Å². The molecule has 1 aromatic rings. The van der Waals surface area contributed by atoms with Crippen LogP contribution in [0, 0.1) is 3.57 Å². The van der Waals surface area contributed by atoms with Crippen LogP contribution >= 0.6 is 22.6 Å². The SMILES string of the molecule is CC[C@@H](N)c1ccccc1I. The molecule has 1 rings (SSSR count). The van der Waals surface area contributed by atoms with Gasteiger partial charge in [0.25, 0.3) is 0 Å². The molecule has 2 heteroatoms. The largest absolute Gasteiger partial charge is 0.324 e. The summed E-state index contributed by atoms with van der Waals surface area (Å²) in [6.07, 6.45) is 1.00. The highest BCUT2D eigenvalue weighted by Crippen LogP contribution is 2.19. The van der Waals surface area contributed by atoms with Gasteiger partial charge in [-0.05, 0) is 40.6 Å². The fourth-order valence-electron chi connectivity index (χ4n) is 0.996. The highest BCUT2D eigenvalue weighted by molar-refractivity contribution is 14.1. The monoisotopic (exact) mass is 261 g/mol. The molecule has 2 N–H and O–H groups in total. The Labute approximate surface area is 81.1 Å². The van der Waals surface area contributed by atoms with Crippen molar-refractivity contribution in [3.05, 3.63) is 33.4 Å². The Hall–Kier alpha value is -0.0900. The van der Waals surface area contributed by atoms with Crippen molar-refractivity contribution in [2.75, 3.05) is 0 Å². The molecule has 0 aliphatic carbocycles. The maximum Gasteiger partial charge on any atom is 0.0302 e. The molecule has 0 aromatic heterocycles. The summed E-state index contributed by atoms with van der Waals surface area (Å²) in [7, 11) is 0. The molecule has 1 aromatic carbocycles. The second-order valence-corrected chi connectivity index (χ2v) is 3.70. The lowest BCUT2D eigenvalue weighted by molar-refractivity contribution is 0.695. The molecular weight excluding hydrogens is 249 g/mol. The van der Waals surface area contributed by atoms with Gasteiger partial charge < -0.3 is 5.73 Å². The number of benzene rings is 1. The van der Waals surface area contributed by atoms with Gasteiger partial charge in [0.05, 0.1) is 0 Å². The first-order valence-corrected chi connectivity index (χ1v) is 4.83. The van der Waals surface area contributed by atoms with Crippen LogP contribution in [0.3, 0.4) is 0 Å². The number of rotatable bonds is 2. The molecule has 60 valence electrons. The van der Waals surface area contributed by atoms with Crippen LogP contribution in [-0.4, -0.2) is 0 Å². The zero-order valence-electron chi connectivity index (χ0n) is 6.55. The van der Waals surface area contributed by atoms with Crippen LogP contribution in [0.4, 0.5) is 0 Å². The third kappa shape index (κ3) is 2.17. The Kier molecular flexibility index (Phi) is 3.33. The molecule has 0 bridgehead atoms. The highest BCUT2D eigenvalue weighted by atomic mass is 127. The van der Waals surface area contributed by atoms with Gasteiger partial charge in [0, 0.05) is 9.61 Å². The van der Waals surface area contributed by atoms with Crippen LogP contribution in [0.5, 0.6) is 0 Å². The van der Waals surface area contributed by atoms with Gasteiger partial charge in [0.1, 0.15) is 0 Å². The van der Waals surface area contributed by atoms with Crippen molar-refractivity contribution < 1.29 is 0 Å². The van der Waals surface area contributed by atoms with E-state index in [1.807, 2.05) is 12.1 Å². The van der Waals surface area contributed by atoms with Crippen molar-refractivity contribution in [3.8, 4) is 0 Å². The fraction of sp³-hybridized carbons (Fsp3) is 0.333. The van der Waals surface area contributed by atoms with E-state index in [4.69, 9.17) is 5.73 Å². The molecule has 0 spiro atoms. The molecule has 0 saturated carbocycles. The van der Waals surface area contributed by atoms with Gasteiger partial charge in [-0.2, -0.15) is 0 Å². The molecule has 0 aliphatic rings. The van der Waals surface area contributed by atoms with Crippen molar-refractivity contribution in [3.63, 3.8) is 0 Å². The molecule has 1 atom stereocenters. The topological polar surface area (TPSA) is 26.0 Å². The fourth-order valence-corrected chi connectivity index (χ4v) is 1.78. The Morgan fingerprint density at radius 3 is 2.64 bits per heavy atom. The van der Waals surface area contributed by atoms with E-state index in [2.05, 4.69) is 41.6 Å². The summed E-state index contributed by atoms with van der Waals surface area (Å²) in [5.74, 6) is 0. The molecule has 0 radical (unpaired) electrons. The van der Waals surface area contributed by atoms with E-state index in [0.717, 1.165) is 6.42 Å². The molecule has 1 nitrogen and oxygen atoms in total. The lowest BCUT2D eigenvalue weighted by Crippen LogP contribution is -2.09. The summed E-state index contributed by atoms with van der Waals surface area (Å²) in [5.41, 5.74) is 7.15. The van der Waals surface area contributed by atoms with Crippen molar-refractivity contribution in [2.24, 2.45) is 5.73 Å². The maximum atomic E-state index is 5.89. The predicted octanol–water partition coefficient (Wildman–Crippen LogP) is 2.70. The van der Waals surface area contributed by atoms with Crippen LogP contribution in [0.15, 0.2) is 24.3 Å². The molecule has 0 fully saturated rings. The van der Waals surface area contributed by atoms with Crippen LogP contribution in [0.2, 0.25) is 0 Å². The lowest BCUT2D eigenvalue weighted by atomic mass is 10.1. The van der Waals surface area contributed by atoms with Gasteiger partial charge in [-0.25, -0.2) is 0 Å². The van der Waals surface area contributed by atoms with E-state index in [1.165, 1.54) is 9.13 Å². The van der Waals surface area contributed by atoms with Gasteiger partial charge in [-0.1, -0.05) is 25.1 Å². The zero-order valence-corrected chi connectivity index (χ0v) is 8.71. The van der Waals surface area contributed by atoms with E-state index < -0.39 is 0 Å². The van der Waals surface area contributed by atoms with Crippen molar-refractivity contribution in [1.82, 2.24) is 0 Å². The minimum absolute atomic E-state index is 0.197. The van der Waals surface area contributed by atoms with Gasteiger partial charge in [0.2, 0.25) is 0 Å². The first-order chi connectivity index (χ1) is 5.25. The molecule has 0 heterocycles. The number of hydrogen-bond donors (Lipinski definition) is 1. The molecule has 0 unspecified atom stereocenters. The Morgan fingerprint density at radius 1 is 1.45 bits per heavy atom. The van der Waals surface area contributed by atoms with Gasteiger partial charge in [-0.3, -0.25) is 0 Å². The van der Waals surface area contributed by atoms with Crippen molar-refractivity contribution in [1.29, 1.82) is 0 Å². The molecule has 0 saturated heterocycles. The van der Waals surface area contributed by atoms with Gasteiger partial charge in [0.15, 0.2) is 0 Å². The quantitative estimate of drug-likeness (QED) is 0.814. The van der Waals surface area contributed by atoms with Crippen LogP contribution in [0.25, 0.3) is 0 Å². The normalized spacial score (nSPS) is 13.0. The summed E-state index contributed by atoms with van der Waals surface area (Å²) < 4.78 is 1.26. The van der Waals surface area contributed by atoms with E-state index >= 15 is 0 Å². The molecular formula is C9H12IN. The lowest BCUT2D eigenvalue weighted by Gasteiger charge is -2.10. The van der Waals surface area contributed by atoms with E-state index in [-0.39, 0.29) is 6.04 Å². The third-order valence-corrected chi connectivity index (χ3v) is 2.73. The number of hydrogen-bond acceptors (Lipinski definition) is 1. The average Bonchev–Trinajstić information content (AvgIpc) is 2.04. The van der Waals surface area contributed by atoms with Gasteiger partial charge >= 0.3 is 0 Å². The van der Waals surface area contributed by atoms with E-state index in [1.54, 1.807) is 0 Å². The number of halogens is 1. The summed E-state index contributed by atoms with van der Waals surface area (Å²) >= 11 is 2.32. The molecule has 11 heavy (non-hydrogen) atoms. The first kappa shape index (κ1) is 9.00. The summed E-state index contributed by atoms with van der Waals surface area (Å²) in [4.78, 5) is 0. The van der Waals surface area contributed by atoms with E-state index in [0.29, 0.717) is 0 Å². The van der Waals surface area contributed by atoms with Gasteiger partial charge in [-0.15, -0.1) is 0 Å². The maximum absolute atomic E-state index is 5.89. The molecule has 0 aliphatic heterocycles. The summed E-state index contributed by atoms with van der Waals surface area (Å²) in [5, 5.41) is 0. The summed E-state index contributed by atoms with van der Waals surface area (Å²) in [6.45, 7) is 2.10. The van der Waals surface area contributed by atoms with E-state index in [9.17, 15) is 0 Å². The van der Waals surface area contributed by atoms with Crippen LogP contribution in [0.1, 0.15) is 24.9 Å². The van der Waals surface area contributed by atoms with Crippen LogP contribution < -0.4 is 5.73 Å². The Balaban J connectivity index is 2.93. The number of nitrogens with two attached hydrogens (primary N) is 1. The first-order valence-electron chi connectivity index (χ1n) is 3.75. The second kappa shape index (κ2) is 4.07. The zero-order chi connectivity index (χ0) is 8.27. The minimum Gasteiger partial charge on any atom is -0.324 e. The average molecular weight is 261 g/mol. The Morgan fingerprint density at radius 2 is 2.09 bits per heavy atom. The standard InChI is InChI=1S/C9H12IN/c1-2-9(11)7-5-3-4-6-8(7)10/h3-6,9H,2,11H2,1H3/t9-/m1/s1. The smallest absolute Gasteiger partial charge is 0.0302 e. The third-order valence-electron chi connectivity index (χ3n) is 1.74.